The fraction of sp³-hybridized carbons (Fsp3) is 0.391. The summed E-state index contributed by atoms with van der Waals surface area (Å²) in [4.78, 5) is 27.2. The zero-order chi connectivity index (χ0) is 23.7. The van der Waals surface area contributed by atoms with Gasteiger partial charge in [-0.2, -0.15) is 0 Å². The first kappa shape index (κ1) is 25.3. The van der Waals surface area contributed by atoms with Gasteiger partial charge < -0.3 is 10.2 Å². The van der Waals surface area contributed by atoms with Crippen molar-refractivity contribution in [1.82, 2.24) is 10.2 Å². The Kier molecular flexibility index (Phi) is 9.19. The molecule has 9 heteroatoms. The Morgan fingerprint density at radius 3 is 2.28 bits per heavy atom. The Balaban J connectivity index is 2.33. The van der Waals surface area contributed by atoms with Crippen molar-refractivity contribution in [3.05, 3.63) is 66.0 Å². The van der Waals surface area contributed by atoms with E-state index in [4.69, 9.17) is 0 Å². The summed E-state index contributed by atoms with van der Waals surface area (Å²) in [6, 6.07) is 13.3. The fourth-order valence-corrected chi connectivity index (χ4v) is 3.99. The number of benzene rings is 2. The van der Waals surface area contributed by atoms with E-state index in [1.807, 2.05) is 6.92 Å². The van der Waals surface area contributed by atoms with Crippen molar-refractivity contribution in [2.24, 2.45) is 0 Å². The Hall–Kier alpha value is -2.94. The summed E-state index contributed by atoms with van der Waals surface area (Å²) in [5.41, 5.74) is 0.564. The largest absolute Gasteiger partial charge is 0.354 e. The molecule has 0 spiro atoms. The number of unbranched alkanes of at least 4 members (excludes halogenated alkanes) is 1. The van der Waals surface area contributed by atoms with Crippen molar-refractivity contribution >= 4 is 27.5 Å². The lowest BCUT2D eigenvalue weighted by Gasteiger charge is -2.31. The van der Waals surface area contributed by atoms with Crippen LogP contribution in [0.5, 0.6) is 0 Å². The van der Waals surface area contributed by atoms with Gasteiger partial charge in [-0.25, -0.2) is 12.8 Å². The maximum Gasteiger partial charge on any atom is 0.244 e. The van der Waals surface area contributed by atoms with E-state index in [1.165, 1.54) is 23.1 Å². The first-order valence-electron chi connectivity index (χ1n) is 10.5. The van der Waals surface area contributed by atoms with Gasteiger partial charge in [0.25, 0.3) is 0 Å². The van der Waals surface area contributed by atoms with Gasteiger partial charge in [0, 0.05) is 18.7 Å². The van der Waals surface area contributed by atoms with E-state index >= 15 is 0 Å². The number of rotatable bonds is 11. The average Bonchev–Trinajstić information content (AvgIpc) is 2.76. The molecule has 32 heavy (non-hydrogen) atoms. The van der Waals surface area contributed by atoms with Crippen molar-refractivity contribution in [2.75, 3.05) is 23.7 Å². The summed E-state index contributed by atoms with van der Waals surface area (Å²) in [5.74, 6) is -1.50. The lowest BCUT2D eigenvalue weighted by Crippen LogP contribution is -2.51. The molecule has 1 N–H and O–H groups in total. The molecule has 0 radical (unpaired) electrons. The standard InChI is InChI=1S/C23H30FN3O4S/c1-4-5-15-25-23(29)18(2)26(16-19-11-9-10-14-21(19)24)22(28)17-27(32(3,30)31)20-12-7-6-8-13-20/h6-14,18H,4-5,15-17H2,1-3H3,(H,25,29). The lowest BCUT2D eigenvalue weighted by atomic mass is 10.1. The van der Waals surface area contributed by atoms with Gasteiger partial charge in [0.05, 0.1) is 11.9 Å². The van der Waals surface area contributed by atoms with Gasteiger partial charge in [0.1, 0.15) is 18.4 Å². The first-order chi connectivity index (χ1) is 15.1. The third-order valence-electron chi connectivity index (χ3n) is 5.02. The number of carbonyl (C=O) groups is 2. The number of sulfonamides is 1. The minimum absolute atomic E-state index is 0.166. The summed E-state index contributed by atoms with van der Waals surface area (Å²) < 4.78 is 40.1. The number of hydrogen-bond donors (Lipinski definition) is 1. The van der Waals surface area contributed by atoms with Crippen LogP contribution in [0.1, 0.15) is 32.3 Å². The number of nitrogens with one attached hydrogen (secondary N) is 1. The summed E-state index contributed by atoms with van der Waals surface area (Å²) in [6.45, 7) is 3.32. The van der Waals surface area contributed by atoms with Gasteiger partial charge in [-0.3, -0.25) is 13.9 Å². The minimum atomic E-state index is -3.78. The first-order valence-corrected chi connectivity index (χ1v) is 12.3. The van der Waals surface area contributed by atoms with E-state index in [2.05, 4.69) is 5.32 Å². The Morgan fingerprint density at radius 1 is 1.06 bits per heavy atom. The second-order valence-electron chi connectivity index (χ2n) is 7.54. The molecule has 0 bridgehead atoms. The van der Waals surface area contributed by atoms with Gasteiger partial charge in [-0.05, 0) is 31.5 Å². The number of para-hydroxylation sites is 1. The average molecular weight is 464 g/mol. The Morgan fingerprint density at radius 2 is 1.69 bits per heavy atom. The molecule has 1 unspecified atom stereocenters. The molecule has 0 aliphatic carbocycles. The summed E-state index contributed by atoms with van der Waals surface area (Å²) in [7, 11) is -3.78. The summed E-state index contributed by atoms with van der Waals surface area (Å²) in [5, 5.41) is 2.78. The predicted octanol–water partition coefficient (Wildman–Crippen LogP) is 2.93. The number of carbonyl (C=O) groups excluding carboxylic acids is 2. The second kappa shape index (κ2) is 11.6. The number of anilines is 1. The quantitative estimate of drug-likeness (QED) is 0.519. The highest BCUT2D eigenvalue weighted by Gasteiger charge is 2.30. The molecular formula is C23H30FN3O4S. The van der Waals surface area contributed by atoms with Crippen LogP contribution >= 0.6 is 0 Å². The van der Waals surface area contributed by atoms with Gasteiger partial charge in [0.2, 0.25) is 21.8 Å². The minimum Gasteiger partial charge on any atom is -0.354 e. The molecule has 2 amide bonds. The number of nitrogens with zero attached hydrogens (tertiary/aromatic N) is 2. The molecule has 0 heterocycles. The topological polar surface area (TPSA) is 86.8 Å². The van der Waals surface area contributed by atoms with Crippen LogP contribution in [0.4, 0.5) is 10.1 Å². The number of hydrogen-bond acceptors (Lipinski definition) is 4. The van der Waals surface area contributed by atoms with E-state index in [0.717, 1.165) is 23.4 Å². The molecule has 2 aromatic carbocycles. The SMILES string of the molecule is CCCCNC(=O)C(C)N(Cc1ccccc1F)C(=O)CN(c1ccccc1)S(C)(=O)=O. The molecular weight excluding hydrogens is 433 g/mol. The van der Waals surface area contributed by atoms with Crippen LogP contribution in [0.15, 0.2) is 54.6 Å². The molecule has 0 fully saturated rings. The van der Waals surface area contributed by atoms with Crippen LogP contribution < -0.4 is 9.62 Å². The lowest BCUT2D eigenvalue weighted by molar-refractivity contribution is -0.139. The third-order valence-corrected chi connectivity index (χ3v) is 6.16. The van der Waals surface area contributed by atoms with Crippen LogP contribution in [-0.2, 0) is 26.2 Å². The molecule has 0 aliphatic rings. The van der Waals surface area contributed by atoms with Crippen LogP contribution in [-0.4, -0.2) is 50.5 Å². The smallest absolute Gasteiger partial charge is 0.244 e. The second-order valence-corrected chi connectivity index (χ2v) is 9.45. The van der Waals surface area contributed by atoms with Crippen LogP contribution in [0.25, 0.3) is 0 Å². The molecule has 0 aliphatic heterocycles. The molecule has 0 saturated carbocycles. The van der Waals surface area contributed by atoms with Gasteiger partial charge >= 0.3 is 0 Å². The normalized spacial score (nSPS) is 12.1. The van der Waals surface area contributed by atoms with E-state index in [1.54, 1.807) is 43.3 Å². The summed E-state index contributed by atoms with van der Waals surface area (Å²) >= 11 is 0. The third kappa shape index (κ3) is 7.05. The Labute approximate surface area is 189 Å². The monoisotopic (exact) mass is 463 g/mol. The van der Waals surface area contributed by atoms with Gasteiger partial charge in [-0.15, -0.1) is 0 Å². The van der Waals surface area contributed by atoms with E-state index in [9.17, 15) is 22.4 Å². The fourth-order valence-electron chi connectivity index (χ4n) is 3.14. The zero-order valence-corrected chi connectivity index (χ0v) is 19.4. The molecule has 7 nitrogen and oxygen atoms in total. The highest BCUT2D eigenvalue weighted by molar-refractivity contribution is 7.92. The van der Waals surface area contributed by atoms with E-state index in [0.29, 0.717) is 12.2 Å². The predicted molar refractivity (Wildman–Crippen MR) is 123 cm³/mol. The van der Waals surface area contributed by atoms with Crippen molar-refractivity contribution < 1.29 is 22.4 Å². The van der Waals surface area contributed by atoms with Crippen molar-refractivity contribution in [3.63, 3.8) is 0 Å². The molecule has 1 atom stereocenters. The number of halogens is 1. The molecule has 2 rings (SSSR count). The van der Waals surface area contributed by atoms with Crippen LogP contribution in [0, 0.1) is 5.82 Å². The van der Waals surface area contributed by atoms with Crippen molar-refractivity contribution in [3.8, 4) is 0 Å². The van der Waals surface area contributed by atoms with Crippen LogP contribution in [0.2, 0.25) is 0 Å². The summed E-state index contributed by atoms with van der Waals surface area (Å²) in [6.07, 6.45) is 2.69. The molecule has 0 saturated heterocycles. The highest BCUT2D eigenvalue weighted by atomic mass is 32.2. The molecule has 0 aromatic heterocycles. The van der Waals surface area contributed by atoms with Gasteiger partial charge in [-0.1, -0.05) is 49.7 Å². The number of amides is 2. The maximum atomic E-state index is 14.3. The van der Waals surface area contributed by atoms with E-state index < -0.39 is 34.3 Å². The van der Waals surface area contributed by atoms with Crippen molar-refractivity contribution in [2.45, 2.75) is 39.3 Å². The van der Waals surface area contributed by atoms with Crippen molar-refractivity contribution in [1.29, 1.82) is 0 Å². The molecule has 174 valence electrons. The van der Waals surface area contributed by atoms with E-state index in [-0.39, 0.29) is 18.0 Å². The Bertz CT molecular complexity index is 1010. The highest BCUT2D eigenvalue weighted by Crippen LogP contribution is 2.19. The molecule has 2 aromatic rings. The van der Waals surface area contributed by atoms with Gasteiger partial charge in [0.15, 0.2) is 0 Å². The van der Waals surface area contributed by atoms with Crippen LogP contribution in [0.3, 0.4) is 0 Å². The maximum absolute atomic E-state index is 14.3. The zero-order valence-electron chi connectivity index (χ0n) is 18.6.